The van der Waals surface area contributed by atoms with Crippen LogP contribution in [0.1, 0.15) is 15.9 Å². The predicted molar refractivity (Wildman–Crippen MR) is 61.7 cm³/mol. The van der Waals surface area contributed by atoms with Gasteiger partial charge in [0.1, 0.15) is 12.2 Å². The summed E-state index contributed by atoms with van der Waals surface area (Å²) in [4.78, 5) is 11.5. The molecule has 2 rings (SSSR count). The van der Waals surface area contributed by atoms with E-state index in [4.69, 9.17) is 0 Å². The molecule has 0 saturated carbocycles. The summed E-state index contributed by atoms with van der Waals surface area (Å²) in [6.45, 7) is -1.01. The second kappa shape index (κ2) is 6.46. The average molecular weight is 356 g/mol. The number of rotatable bonds is 3. The van der Waals surface area contributed by atoms with Gasteiger partial charge in [-0.1, -0.05) is 0 Å². The van der Waals surface area contributed by atoms with Crippen LogP contribution in [-0.2, 0) is 11.3 Å². The van der Waals surface area contributed by atoms with E-state index < -0.39 is 70.2 Å². The first kappa shape index (κ1) is 17.7. The molecule has 0 amide bonds. The predicted octanol–water partition coefficient (Wildman–Crippen LogP) is 4.16. The van der Waals surface area contributed by atoms with Gasteiger partial charge in [0.15, 0.2) is 40.7 Å². The van der Waals surface area contributed by atoms with Crippen molar-refractivity contribution < 1.29 is 44.7 Å². The zero-order valence-electron chi connectivity index (χ0n) is 11.2. The van der Waals surface area contributed by atoms with Crippen LogP contribution in [0.2, 0.25) is 0 Å². The van der Waals surface area contributed by atoms with Crippen molar-refractivity contribution in [2.24, 2.45) is 0 Å². The quantitative estimate of drug-likeness (QED) is 0.357. The normalized spacial score (nSPS) is 10.8. The van der Waals surface area contributed by atoms with E-state index in [-0.39, 0.29) is 0 Å². The Labute approximate surface area is 128 Å². The SMILES string of the molecule is O=C(OCc1cc(F)c(F)c(F)c1)c1c(F)c(F)c(F)c(F)c1F. The van der Waals surface area contributed by atoms with Crippen LogP contribution < -0.4 is 0 Å². The topological polar surface area (TPSA) is 26.3 Å². The molecular weight excluding hydrogens is 352 g/mol. The smallest absolute Gasteiger partial charge is 0.344 e. The van der Waals surface area contributed by atoms with Gasteiger partial charge in [-0.05, 0) is 17.7 Å². The van der Waals surface area contributed by atoms with E-state index in [1.165, 1.54) is 0 Å². The lowest BCUT2D eigenvalue weighted by Crippen LogP contribution is -2.15. The Hall–Kier alpha value is -2.65. The van der Waals surface area contributed by atoms with Crippen molar-refractivity contribution in [3.63, 3.8) is 0 Å². The minimum atomic E-state index is -2.47. The van der Waals surface area contributed by atoms with Crippen molar-refractivity contribution in [1.29, 1.82) is 0 Å². The van der Waals surface area contributed by atoms with E-state index in [9.17, 15) is 39.9 Å². The molecule has 0 aliphatic carbocycles. The van der Waals surface area contributed by atoms with E-state index >= 15 is 0 Å². The maximum atomic E-state index is 13.4. The molecule has 0 unspecified atom stereocenters. The molecular formula is C14H4F8O2. The fourth-order valence-electron chi connectivity index (χ4n) is 1.70. The first-order valence-corrected chi connectivity index (χ1v) is 5.97. The Kier molecular flexibility index (Phi) is 4.76. The number of esters is 1. The molecule has 0 atom stereocenters. The molecule has 0 aliphatic heterocycles. The molecule has 2 aromatic carbocycles. The van der Waals surface area contributed by atoms with Gasteiger partial charge < -0.3 is 4.74 Å². The highest BCUT2D eigenvalue weighted by Gasteiger charge is 2.30. The van der Waals surface area contributed by atoms with Crippen molar-refractivity contribution in [3.05, 3.63) is 69.8 Å². The standard InChI is InChI=1S/C14H4F8O2/c15-5-1-4(2-6(16)8(5)17)3-24-14(23)7-9(18)11(20)13(22)12(21)10(7)19/h1-2H,3H2. The van der Waals surface area contributed by atoms with Crippen LogP contribution in [0.5, 0.6) is 0 Å². The van der Waals surface area contributed by atoms with Gasteiger partial charge in [-0.25, -0.2) is 39.9 Å². The fraction of sp³-hybridized carbons (Fsp3) is 0.0714. The first-order valence-electron chi connectivity index (χ1n) is 5.97. The molecule has 0 aliphatic rings. The van der Waals surface area contributed by atoms with Gasteiger partial charge >= 0.3 is 5.97 Å². The first-order chi connectivity index (χ1) is 11.1. The fourth-order valence-corrected chi connectivity index (χ4v) is 1.70. The van der Waals surface area contributed by atoms with Crippen LogP contribution in [0.15, 0.2) is 12.1 Å². The van der Waals surface area contributed by atoms with Gasteiger partial charge in [-0.15, -0.1) is 0 Å². The van der Waals surface area contributed by atoms with Crippen molar-refractivity contribution in [3.8, 4) is 0 Å². The summed E-state index contributed by atoms with van der Waals surface area (Å²) in [5, 5.41) is 0. The monoisotopic (exact) mass is 356 g/mol. The van der Waals surface area contributed by atoms with Crippen LogP contribution in [-0.4, -0.2) is 5.97 Å². The molecule has 24 heavy (non-hydrogen) atoms. The van der Waals surface area contributed by atoms with Gasteiger partial charge in [-0.3, -0.25) is 0 Å². The highest BCUT2D eigenvalue weighted by Crippen LogP contribution is 2.24. The van der Waals surface area contributed by atoms with Crippen molar-refractivity contribution in [2.75, 3.05) is 0 Å². The maximum Gasteiger partial charge on any atom is 0.344 e. The Bertz CT molecular complexity index is 782. The Morgan fingerprint density at radius 3 is 1.58 bits per heavy atom. The third-order valence-corrected chi connectivity index (χ3v) is 2.83. The number of hydrogen-bond acceptors (Lipinski definition) is 2. The zero-order chi connectivity index (χ0) is 18.2. The van der Waals surface area contributed by atoms with Gasteiger partial charge in [0.25, 0.3) is 0 Å². The van der Waals surface area contributed by atoms with Crippen molar-refractivity contribution >= 4 is 5.97 Å². The molecule has 10 heteroatoms. The highest BCUT2D eigenvalue weighted by atomic mass is 19.2. The van der Waals surface area contributed by atoms with Crippen LogP contribution in [0.4, 0.5) is 35.1 Å². The molecule has 0 fully saturated rings. The molecule has 0 bridgehead atoms. The minimum Gasteiger partial charge on any atom is -0.457 e. The molecule has 2 nitrogen and oxygen atoms in total. The lowest BCUT2D eigenvalue weighted by Gasteiger charge is -2.09. The third kappa shape index (κ3) is 3.03. The number of carbonyl (C=O) groups excluding carboxylic acids is 1. The van der Waals surface area contributed by atoms with Crippen molar-refractivity contribution in [1.82, 2.24) is 0 Å². The summed E-state index contributed by atoms with van der Waals surface area (Å²) < 4.78 is 108. The Morgan fingerprint density at radius 1 is 0.708 bits per heavy atom. The third-order valence-electron chi connectivity index (χ3n) is 2.83. The molecule has 0 radical (unpaired) electrons. The molecule has 0 aromatic heterocycles. The molecule has 128 valence electrons. The molecule has 0 saturated heterocycles. The van der Waals surface area contributed by atoms with E-state index in [0.29, 0.717) is 12.1 Å². The minimum absolute atomic E-state index is 0.421. The summed E-state index contributed by atoms with van der Waals surface area (Å²) in [5.74, 6) is -19.1. The van der Waals surface area contributed by atoms with E-state index in [1.807, 2.05) is 0 Å². The lowest BCUT2D eigenvalue weighted by molar-refractivity contribution is 0.0457. The highest BCUT2D eigenvalue weighted by molar-refractivity contribution is 5.90. The largest absolute Gasteiger partial charge is 0.457 e. The van der Waals surface area contributed by atoms with Gasteiger partial charge in [0.05, 0.1) is 0 Å². The van der Waals surface area contributed by atoms with Gasteiger partial charge in [0, 0.05) is 0 Å². The lowest BCUT2D eigenvalue weighted by atomic mass is 10.1. The molecule has 0 spiro atoms. The molecule has 2 aromatic rings. The van der Waals surface area contributed by atoms with E-state index in [0.717, 1.165) is 0 Å². The molecule has 0 heterocycles. The van der Waals surface area contributed by atoms with Crippen LogP contribution >= 0.6 is 0 Å². The Morgan fingerprint density at radius 2 is 1.12 bits per heavy atom. The number of benzene rings is 2. The van der Waals surface area contributed by atoms with E-state index in [2.05, 4.69) is 4.74 Å². The van der Waals surface area contributed by atoms with Crippen LogP contribution in [0, 0.1) is 46.5 Å². The van der Waals surface area contributed by atoms with E-state index in [1.54, 1.807) is 0 Å². The maximum absolute atomic E-state index is 13.4. The number of ether oxygens (including phenoxy) is 1. The van der Waals surface area contributed by atoms with Gasteiger partial charge in [0.2, 0.25) is 5.82 Å². The molecule has 0 N–H and O–H groups in total. The summed E-state index contributed by atoms with van der Waals surface area (Å²) in [5.41, 5.74) is -2.32. The number of carbonyl (C=O) groups is 1. The number of hydrogen-bond donors (Lipinski definition) is 0. The number of halogens is 8. The van der Waals surface area contributed by atoms with Crippen molar-refractivity contribution in [2.45, 2.75) is 6.61 Å². The Balaban J connectivity index is 2.29. The van der Waals surface area contributed by atoms with Gasteiger partial charge in [-0.2, -0.15) is 0 Å². The summed E-state index contributed by atoms with van der Waals surface area (Å²) in [6.07, 6.45) is 0. The summed E-state index contributed by atoms with van der Waals surface area (Å²) in [7, 11) is 0. The second-order valence-electron chi connectivity index (χ2n) is 4.39. The summed E-state index contributed by atoms with van der Waals surface area (Å²) in [6, 6.07) is 0.842. The average Bonchev–Trinajstić information content (AvgIpc) is 2.54. The summed E-state index contributed by atoms with van der Waals surface area (Å²) >= 11 is 0. The van der Waals surface area contributed by atoms with Crippen LogP contribution in [0.25, 0.3) is 0 Å². The van der Waals surface area contributed by atoms with Crippen LogP contribution in [0.3, 0.4) is 0 Å². The second-order valence-corrected chi connectivity index (χ2v) is 4.39. The zero-order valence-corrected chi connectivity index (χ0v) is 11.2.